The zero-order valence-electron chi connectivity index (χ0n) is 26.7. The Balaban J connectivity index is 1.09. The van der Waals surface area contributed by atoms with E-state index < -0.39 is 0 Å². The van der Waals surface area contributed by atoms with Crippen molar-refractivity contribution in [2.24, 2.45) is 0 Å². The van der Waals surface area contributed by atoms with E-state index >= 15 is 0 Å². The average Bonchev–Trinajstić information content (AvgIpc) is 3.73. The second-order valence-corrected chi connectivity index (χ2v) is 12.8. The number of hydrogen-bond acceptors (Lipinski definition) is 4. The van der Waals surface area contributed by atoms with Crippen LogP contribution in [-0.4, -0.2) is 19.5 Å². The largest absolute Gasteiger partial charge is 0.456 e. The summed E-state index contributed by atoms with van der Waals surface area (Å²) >= 11 is 0. The molecule has 232 valence electrons. The third kappa shape index (κ3) is 3.92. The Labute approximate surface area is 286 Å². The first kappa shape index (κ1) is 27.1. The van der Waals surface area contributed by atoms with Gasteiger partial charge in [-0.2, -0.15) is 0 Å². The van der Waals surface area contributed by atoms with Gasteiger partial charge in [-0.15, -0.1) is 0 Å². The van der Waals surface area contributed by atoms with Gasteiger partial charge in [0.05, 0.1) is 11.0 Å². The van der Waals surface area contributed by atoms with E-state index in [0.29, 0.717) is 17.5 Å². The van der Waals surface area contributed by atoms with Crippen LogP contribution in [0.5, 0.6) is 0 Å². The number of benzene rings is 8. The second-order valence-electron chi connectivity index (χ2n) is 12.8. The minimum Gasteiger partial charge on any atom is -0.456 e. The molecular formula is C45H26N4O. The highest BCUT2D eigenvalue weighted by Gasteiger charge is 2.20. The fourth-order valence-corrected chi connectivity index (χ4v) is 7.77. The van der Waals surface area contributed by atoms with E-state index in [4.69, 9.17) is 19.4 Å². The van der Waals surface area contributed by atoms with Gasteiger partial charge in [-0.1, -0.05) is 115 Å². The topological polar surface area (TPSA) is 56.7 Å². The number of aromatic nitrogens is 4. The molecule has 0 fully saturated rings. The van der Waals surface area contributed by atoms with Gasteiger partial charge < -0.3 is 8.98 Å². The van der Waals surface area contributed by atoms with Crippen LogP contribution in [0.4, 0.5) is 0 Å². The molecule has 0 saturated carbocycles. The predicted octanol–water partition coefficient (Wildman–Crippen LogP) is 11.6. The first-order valence-corrected chi connectivity index (χ1v) is 16.8. The maximum atomic E-state index is 6.50. The van der Waals surface area contributed by atoms with Crippen LogP contribution in [-0.2, 0) is 0 Å². The Morgan fingerprint density at radius 3 is 1.50 bits per heavy atom. The highest BCUT2D eigenvalue weighted by molar-refractivity contribution is 6.34. The van der Waals surface area contributed by atoms with E-state index in [-0.39, 0.29) is 0 Å². The molecule has 3 heterocycles. The van der Waals surface area contributed by atoms with Gasteiger partial charge in [-0.3, -0.25) is 0 Å². The summed E-state index contributed by atoms with van der Waals surface area (Å²) in [6.45, 7) is 0. The summed E-state index contributed by atoms with van der Waals surface area (Å²) in [5, 5.41) is 9.86. The van der Waals surface area contributed by atoms with Gasteiger partial charge in [0.1, 0.15) is 11.2 Å². The molecule has 11 aromatic rings. The fourth-order valence-electron chi connectivity index (χ4n) is 7.77. The van der Waals surface area contributed by atoms with Gasteiger partial charge in [0.2, 0.25) is 0 Å². The Bertz CT molecular complexity index is 2940. The normalized spacial score (nSPS) is 12.0. The summed E-state index contributed by atoms with van der Waals surface area (Å²) in [6.07, 6.45) is 0. The lowest BCUT2D eigenvalue weighted by Gasteiger charge is -2.08. The molecule has 0 aliphatic rings. The molecule has 5 heteroatoms. The predicted molar refractivity (Wildman–Crippen MR) is 204 cm³/mol. The van der Waals surface area contributed by atoms with Crippen LogP contribution in [0.1, 0.15) is 0 Å². The van der Waals surface area contributed by atoms with Crippen LogP contribution < -0.4 is 0 Å². The summed E-state index contributed by atoms with van der Waals surface area (Å²) in [4.78, 5) is 14.7. The molecule has 0 spiro atoms. The summed E-state index contributed by atoms with van der Waals surface area (Å²) in [5.41, 5.74) is 7.88. The number of fused-ring (bicyclic) bond motifs is 6. The molecule has 0 atom stereocenters. The van der Waals surface area contributed by atoms with Gasteiger partial charge in [0, 0.05) is 43.9 Å². The van der Waals surface area contributed by atoms with Crippen LogP contribution in [0.2, 0.25) is 0 Å². The fraction of sp³-hybridized carbons (Fsp3) is 0. The summed E-state index contributed by atoms with van der Waals surface area (Å²) in [6, 6.07) is 54.9. The molecule has 0 aliphatic carbocycles. The summed E-state index contributed by atoms with van der Waals surface area (Å²) in [5.74, 6) is 1.87. The van der Waals surface area contributed by atoms with Crippen molar-refractivity contribution in [1.29, 1.82) is 0 Å². The van der Waals surface area contributed by atoms with Gasteiger partial charge in [0.15, 0.2) is 17.5 Å². The molecule has 50 heavy (non-hydrogen) atoms. The molecule has 0 bridgehead atoms. The molecular weight excluding hydrogens is 613 g/mol. The Hall–Kier alpha value is -6.85. The lowest BCUT2D eigenvalue weighted by molar-refractivity contribution is 0.669. The highest BCUT2D eigenvalue weighted by Crippen LogP contribution is 2.44. The zero-order chi connectivity index (χ0) is 32.8. The SMILES string of the molecule is c1ccc(-c2nc(-c3ccccc3)nc(-c3ccc4c(c3)oc3ccc(-n5c6cccc7c8ccccc8c8cccc5c8c76)cc34)n2)cc1. The van der Waals surface area contributed by atoms with Gasteiger partial charge in [-0.25, -0.2) is 15.0 Å². The van der Waals surface area contributed by atoms with Crippen LogP contribution >= 0.6 is 0 Å². The van der Waals surface area contributed by atoms with Crippen molar-refractivity contribution < 1.29 is 4.42 Å². The molecule has 8 aromatic carbocycles. The molecule has 0 saturated heterocycles. The minimum absolute atomic E-state index is 0.601. The van der Waals surface area contributed by atoms with E-state index in [9.17, 15) is 0 Å². The lowest BCUT2D eigenvalue weighted by Crippen LogP contribution is -2.00. The standard InChI is InChI=1S/C45H26N4O/c1-3-11-27(12-4-1)43-46-44(28-13-5-2-6-14-28)48-45(47-43)29-21-23-33-36-26-30(22-24-39(36)50-40(33)25-29)49-37-19-9-17-34-31-15-7-8-16-32(31)35-18-10-20-38(49)42(35)41(34)37/h1-26H. The molecule has 5 nitrogen and oxygen atoms in total. The van der Waals surface area contributed by atoms with E-state index in [1.807, 2.05) is 66.7 Å². The van der Waals surface area contributed by atoms with Crippen molar-refractivity contribution in [3.8, 4) is 39.9 Å². The van der Waals surface area contributed by atoms with Crippen LogP contribution in [0.3, 0.4) is 0 Å². The minimum atomic E-state index is 0.601. The number of furan rings is 1. The van der Waals surface area contributed by atoms with Crippen LogP contribution in [0.15, 0.2) is 162 Å². The zero-order valence-corrected chi connectivity index (χ0v) is 26.7. The van der Waals surface area contributed by atoms with Crippen molar-refractivity contribution >= 4 is 65.3 Å². The van der Waals surface area contributed by atoms with Crippen LogP contribution in [0.25, 0.3) is 105 Å². The smallest absolute Gasteiger partial charge is 0.164 e. The molecule has 11 rings (SSSR count). The Morgan fingerprint density at radius 2 is 0.900 bits per heavy atom. The third-order valence-corrected chi connectivity index (χ3v) is 9.99. The van der Waals surface area contributed by atoms with Crippen molar-refractivity contribution in [3.05, 3.63) is 158 Å². The molecule has 3 aromatic heterocycles. The first-order valence-electron chi connectivity index (χ1n) is 16.8. The second kappa shape index (κ2) is 10.3. The van der Waals surface area contributed by atoms with E-state index in [1.54, 1.807) is 0 Å². The summed E-state index contributed by atoms with van der Waals surface area (Å²) < 4.78 is 8.90. The molecule has 0 amide bonds. The molecule has 0 N–H and O–H groups in total. The lowest BCUT2D eigenvalue weighted by atomic mass is 9.95. The Morgan fingerprint density at radius 1 is 0.360 bits per heavy atom. The van der Waals surface area contributed by atoms with Gasteiger partial charge in [0.25, 0.3) is 0 Å². The maximum Gasteiger partial charge on any atom is 0.164 e. The van der Waals surface area contributed by atoms with Crippen molar-refractivity contribution in [3.63, 3.8) is 0 Å². The monoisotopic (exact) mass is 638 g/mol. The van der Waals surface area contributed by atoms with Gasteiger partial charge in [-0.05, 0) is 64.0 Å². The number of hydrogen-bond donors (Lipinski definition) is 0. The van der Waals surface area contributed by atoms with Gasteiger partial charge >= 0.3 is 0 Å². The average molecular weight is 639 g/mol. The van der Waals surface area contributed by atoms with E-state index in [1.165, 1.54) is 43.4 Å². The summed E-state index contributed by atoms with van der Waals surface area (Å²) in [7, 11) is 0. The van der Waals surface area contributed by atoms with E-state index in [2.05, 4.69) is 95.6 Å². The molecule has 0 radical (unpaired) electrons. The number of rotatable bonds is 4. The third-order valence-electron chi connectivity index (χ3n) is 9.99. The quantitative estimate of drug-likeness (QED) is 0.180. The number of nitrogens with zero attached hydrogens (tertiary/aromatic N) is 4. The van der Waals surface area contributed by atoms with Crippen molar-refractivity contribution in [2.75, 3.05) is 0 Å². The molecule has 0 unspecified atom stereocenters. The van der Waals surface area contributed by atoms with E-state index in [0.717, 1.165) is 44.3 Å². The van der Waals surface area contributed by atoms with Crippen molar-refractivity contribution in [2.45, 2.75) is 0 Å². The molecule has 0 aliphatic heterocycles. The Kier molecular flexibility index (Phi) is 5.60. The van der Waals surface area contributed by atoms with Crippen molar-refractivity contribution in [1.82, 2.24) is 19.5 Å². The highest BCUT2D eigenvalue weighted by atomic mass is 16.3. The van der Waals surface area contributed by atoms with Crippen LogP contribution in [0, 0.1) is 0 Å². The first-order chi connectivity index (χ1) is 24.8. The maximum absolute atomic E-state index is 6.50.